The van der Waals surface area contributed by atoms with Gasteiger partial charge in [0.25, 0.3) is 11.4 Å². The molecule has 28 heavy (non-hydrogen) atoms. The van der Waals surface area contributed by atoms with Gasteiger partial charge in [-0.2, -0.15) is 0 Å². The fourth-order valence-electron chi connectivity index (χ4n) is 2.94. The number of pyridine rings is 1. The number of hydrogen-bond acceptors (Lipinski definition) is 5. The second kappa shape index (κ2) is 8.56. The summed E-state index contributed by atoms with van der Waals surface area (Å²) in [5, 5.41) is 6.63. The van der Waals surface area contributed by atoms with Crippen LogP contribution in [0.2, 0.25) is 0 Å². The fourth-order valence-corrected chi connectivity index (χ4v) is 3.47. The Kier molecular flexibility index (Phi) is 6.14. The highest BCUT2D eigenvalue weighted by atomic mass is 79.9. The van der Waals surface area contributed by atoms with Gasteiger partial charge in [0.05, 0.1) is 18.5 Å². The molecule has 0 atom stereocenters. The van der Waals surface area contributed by atoms with Crippen molar-refractivity contribution in [3.05, 3.63) is 75.2 Å². The van der Waals surface area contributed by atoms with Gasteiger partial charge >= 0.3 is 0 Å². The van der Waals surface area contributed by atoms with Crippen molar-refractivity contribution in [1.29, 1.82) is 0 Å². The maximum absolute atomic E-state index is 12.1. The van der Waals surface area contributed by atoms with E-state index in [1.165, 1.54) is 5.56 Å². The first-order valence-corrected chi connectivity index (χ1v) is 9.75. The monoisotopic (exact) mass is 442 g/mol. The van der Waals surface area contributed by atoms with Crippen LogP contribution in [0.3, 0.4) is 0 Å². The number of aromatic amines is 1. The number of halogens is 1. The SMILES string of the molecule is CN(c1cccnc1)c1c(OCC(C)(C)Cc2ccccc2)n[nH]c(=O)c1Br. The Bertz CT molecular complexity index is 975. The van der Waals surface area contributed by atoms with Gasteiger partial charge in [-0.05, 0) is 40.0 Å². The molecule has 1 aromatic carbocycles. The summed E-state index contributed by atoms with van der Waals surface area (Å²) in [5.74, 6) is 0.360. The third kappa shape index (κ3) is 4.78. The second-order valence-electron chi connectivity index (χ2n) is 7.41. The van der Waals surface area contributed by atoms with Crippen LogP contribution in [0.1, 0.15) is 19.4 Å². The molecule has 0 radical (unpaired) electrons. The van der Waals surface area contributed by atoms with E-state index in [0.29, 0.717) is 22.6 Å². The van der Waals surface area contributed by atoms with Gasteiger partial charge in [0.2, 0.25) is 0 Å². The lowest BCUT2D eigenvalue weighted by atomic mass is 9.87. The van der Waals surface area contributed by atoms with Crippen LogP contribution in [0.25, 0.3) is 0 Å². The highest BCUT2D eigenvalue weighted by molar-refractivity contribution is 9.10. The van der Waals surface area contributed by atoms with Gasteiger partial charge in [-0.3, -0.25) is 9.78 Å². The summed E-state index contributed by atoms with van der Waals surface area (Å²) < 4.78 is 6.44. The van der Waals surface area contributed by atoms with Crippen LogP contribution in [0, 0.1) is 5.41 Å². The number of nitrogens with zero attached hydrogens (tertiary/aromatic N) is 3. The van der Waals surface area contributed by atoms with E-state index < -0.39 is 0 Å². The van der Waals surface area contributed by atoms with E-state index in [0.717, 1.165) is 12.1 Å². The molecule has 0 bridgehead atoms. The van der Waals surface area contributed by atoms with Crippen LogP contribution in [-0.4, -0.2) is 28.8 Å². The van der Waals surface area contributed by atoms with Gasteiger partial charge in [-0.15, -0.1) is 5.10 Å². The summed E-state index contributed by atoms with van der Waals surface area (Å²) in [7, 11) is 1.85. The van der Waals surface area contributed by atoms with E-state index in [1.807, 2.05) is 42.3 Å². The molecule has 6 nitrogen and oxygen atoms in total. The van der Waals surface area contributed by atoms with Crippen LogP contribution in [0.4, 0.5) is 11.4 Å². The Balaban J connectivity index is 1.84. The number of benzene rings is 1. The molecule has 0 aliphatic carbocycles. The summed E-state index contributed by atoms with van der Waals surface area (Å²) in [6, 6.07) is 14.0. The van der Waals surface area contributed by atoms with E-state index in [2.05, 4.69) is 57.1 Å². The highest BCUT2D eigenvalue weighted by Crippen LogP contribution is 2.36. The molecular weight excluding hydrogens is 420 g/mol. The van der Waals surface area contributed by atoms with Crippen LogP contribution in [0.5, 0.6) is 5.88 Å². The molecule has 2 heterocycles. The maximum Gasteiger partial charge on any atom is 0.280 e. The van der Waals surface area contributed by atoms with Crippen molar-refractivity contribution in [2.24, 2.45) is 5.41 Å². The van der Waals surface area contributed by atoms with Crippen molar-refractivity contribution in [3.63, 3.8) is 0 Å². The van der Waals surface area contributed by atoms with E-state index >= 15 is 0 Å². The number of nitrogens with one attached hydrogen (secondary N) is 1. The van der Waals surface area contributed by atoms with Crippen molar-refractivity contribution in [3.8, 4) is 5.88 Å². The highest BCUT2D eigenvalue weighted by Gasteiger charge is 2.24. The van der Waals surface area contributed by atoms with Crippen molar-refractivity contribution in [1.82, 2.24) is 15.2 Å². The zero-order chi connectivity index (χ0) is 20.1. The first-order valence-electron chi connectivity index (χ1n) is 8.96. The molecule has 0 aliphatic heterocycles. The first kappa shape index (κ1) is 20.1. The quantitative estimate of drug-likeness (QED) is 0.588. The van der Waals surface area contributed by atoms with Gasteiger partial charge in [-0.1, -0.05) is 44.2 Å². The average molecular weight is 443 g/mol. The molecule has 0 amide bonds. The molecule has 3 aromatic rings. The molecule has 2 aromatic heterocycles. The number of rotatable bonds is 7. The predicted molar refractivity (Wildman–Crippen MR) is 114 cm³/mol. The Labute approximate surface area is 172 Å². The molecule has 0 saturated heterocycles. The zero-order valence-corrected chi connectivity index (χ0v) is 17.7. The van der Waals surface area contributed by atoms with Gasteiger partial charge in [0.1, 0.15) is 10.2 Å². The first-order chi connectivity index (χ1) is 13.4. The molecule has 0 saturated carbocycles. The van der Waals surface area contributed by atoms with E-state index in [4.69, 9.17) is 4.74 Å². The standard InChI is InChI=1S/C21H23BrN4O2/c1-21(2,12-15-8-5-4-6-9-15)14-28-20-18(17(22)19(27)24-25-20)26(3)16-10-7-11-23-13-16/h4-11,13H,12,14H2,1-3H3,(H,24,27). The Morgan fingerprint density at radius 1 is 1.18 bits per heavy atom. The van der Waals surface area contributed by atoms with Crippen LogP contribution >= 0.6 is 15.9 Å². The molecule has 0 aliphatic rings. The van der Waals surface area contributed by atoms with E-state index in [9.17, 15) is 4.79 Å². The summed E-state index contributed by atoms with van der Waals surface area (Å²) in [4.78, 5) is 18.1. The summed E-state index contributed by atoms with van der Waals surface area (Å²) in [5.41, 5.74) is 2.20. The smallest absolute Gasteiger partial charge is 0.280 e. The summed E-state index contributed by atoms with van der Waals surface area (Å²) in [6.45, 7) is 4.73. The van der Waals surface area contributed by atoms with Crippen molar-refractivity contribution >= 4 is 27.3 Å². The van der Waals surface area contributed by atoms with E-state index in [-0.39, 0.29) is 11.0 Å². The molecular formula is C21H23BrN4O2. The van der Waals surface area contributed by atoms with Crippen LogP contribution in [-0.2, 0) is 6.42 Å². The van der Waals surface area contributed by atoms with E-state index in [1.54, 1.807) is 12.4 Å². The molecule has 3 rings (SSSR count). The molecule has 0 spiro atoms. The predicted octanol–water partition coefficient (Wildman–Crippen LogP) is 4.34. The van der Waals surface area contributed by atoms with Gasteiger partial charge in [0, 0.05) is 18.7 Å². The third-order valence-electron chi connectivity index (χ3n) is 4.36. The van der Waals surface area contributed by atoms with Crippen molar-refractivity contribution in [2.75, 3.05) is 18.6 Å². The van der Waals surface area contributed by atoms with Crippen molar-refractivity contribution < 1.29 is 4.74 Å². The summed E-state index contributed by atoms with van der Waals surface area (Å²) in [6.07, 6.45) is 4.29. The molecule has 7 heteroatoms. The number of ether oxygens (including phenoxy) is 1. The van der Waals surface area contributed by atoms with Crippen molar-refractivity contribution in [2.45, 2.75) is 20.3 Å². The van der Waals surface area contributed by atoms with Crippen LogP contribution < -0.4 is 15.2 Å². The Hall–Kier alpha value is -2.67. The Morgan fingerprint density at radius 3 is 2.61 bits per heavy atom. The maximum atomic E-state index is 12.1. The molecule has 0 unspecified atom stereocenters. The summed E-state index contributed by atoms with van der Waals surface area (Å²) >= 11 is 3.38. The average Bonchev–Trinajstić information content (AvgIpc) is 2.69. The van der Waals surface area contributed by atoms with Crippen LogP contribution in [0.15, 0.2) is 64.1 Å². The lowest BCUT2D eigenvalue weighted by Crippen LogP contribution is -2.26. The minimum absolute atomic E-state index is 0.115. The normalized spacial score (nSPS) is 11.3. The van der Waals surface area contributed by atoms with Gasteiger partial charge in [0.15, 0.2) is 0 Å². The van der Waals surface area contributed by atoms with Gasteiger partial charge in [-0.25, -0.2) is 5.10 Å². The third-order valence-corrected chi connectivity index (χ3v) is 5.10. The van der Waals surface area contributed by atoms with Gasteiger partial charge < -0.3 is 9.64 Å². The fraction of sp³-hybridized carbons (Fsp3) is 0.286. The molecule has 0 fully saturated rings. The number of aromatic nitrogens is 3. The number of hydrogen-bond donors (Lipinski definition) is 1. The molecule has 1 N–H and O–H groups in total. The lowest BCUT2D eigenvalue weighted by Gasteiger charge is -2.27. The largest absolute Gasteiger partial charge is 0.475 e. The number of H-pyrrole nitrogens is 1. The zero-order valence-electron chi connectivity index (χ0n) is 16.1. The number of anilines is 2. The second-order valence-corrected chi connectivity index (χ2v) is 8.20. The Morgan fingerprint density at radius 2 is 1.93 bits per heavy atom. The minimum atomic E-state index is -0.318. The topological polar surface area (TPSA) is 71.1 Å². The lowest BCUT2D eigenvalue weighted by molar-refractivity contribution is 0.173. The molecule has 146 valence electrons. The minimum Gasteiger partial charge on any atom is -0.475 e.